The Hall–Kier alpha value is -0.430. The van der Waals surface area contributed by atoms with Gasteiger partial charge >= 0.3 is 0 Å². The van der Waals surface area contributed by atoms with Crippen molar-refractivity contribution < 1.29 is 22.1 Å². The van der Waals surface area contributed by atoms with E-state index in [0.29, 0.717) is 6.42 Å². The Morgan fingerprint density at radius 1 is 1.37 bits per heavy atom. The van der Waals surface area contributed by atoms with Crippen LogP contribution in [0.1, 0.15) is 40.0 Å². The van der Waals surface area contributed by atoms with Crippen LogP contribution < -0.4 is 0 Å². The van der Waals surface area contributed by atoms with Gasteiger partial charge in [0, 0.05) is 0 Å². The molecule has 2 aliphatic rings. The zero-order valence-electron chi connectivity index (χ0n) is 11.9. The number of ether oxygens (including phenoxy) is 2. The minimum absolute atomic E-state index is 0.222. The first-order valence-electron chi connectivity index (χ1n) is 6.70. The standard InChI is InChI=1S/C13H22O5S/c1-5-13(6-2)16-10-7-9(3)8-11(12(10)17-13)18-19(4,14)15/h7,10-12H,5-6,8H2,1-4H3/t10-,11-,12-/m1/s1. The predicted molar refractivity (Wildman–Crippen MR) is 71.1 cm³/mol. The van der Waals surface area contributed by atoms with Crippen LogP contribution in [0.15, 0.2) is 11.6 Å². The van der Waals surface area contributed by atoms with Crippen molar-refractivity contribution in [1.29, 1.82) is 0 Å². The molecule has 0 amide bonds. The summed E-state index contributed by atoms with van der Waals surface area (Å²) >= 11 is 0. The maximum absolute atomic E-state index is 11.4. The molecule has 0 spiro atoms. The summed E-state index contributed by atoms with van der Waals surface area (Å²) in [5.74, 6) is -0.616. The summed E-state index contributed by atoms with van der Waals surface area (Å²) in [5, 5.41) is 0. The topological polar surface area (TPSA) is 61.8 Å². The van der Waals surface area contributed by atoms with Crippen LogP contribution in [0.4, 0.5) is 0 Å². The van der Waals surface area contributed by atoms with Gasteiger partial charge in [-0.25, -0.2) is 0 Å². The Kier molecular flexibility index (Phi) is 4.07. The van der Waals surface area contributed by atoms with E-state index in [1.807, 2.05) is 26.8 Å². The molecule has 19 heavy (non-hydrogen) atoms. The van der Waals surface area contributed by atoms with Gasteiger partial charge in [-0.15, -0.1) is 0 Å². The molecule has 110 valence electrons. The fourth-order valence-electron chi connectivity index (χ4n) is 2.75. The summed E-state index contributed by atoms with van der Waals surface area (Å²) in [6.07, 6.45) is 4.03. The predicted octanol–water partition coefficient (Wildman–Crippen LogP) is 1.98. The third kappa shape index (κ3) is 3.18. The van der Waals surface area contributed by atoms with Gasteiger partial charge in [-0.1, -0.05) is 25.5 Å². The Morgan fingerprint density at radius 2 is 2.00 bits per heavy atom. The average Bonchev–Trinajstić information content (AvgIpc) is 2.66. The van der Waals surface area contributed by atoms with Crippen molar-refractivity contribution >= 4 is 10.1 Å². The summed E-state index contributed by atoms with van der Waals surface area (Å²) in [6.45, 7) is 5.96. The zero-order chi connectivity index (χ0) is 14.3. The van der Waals surface area contributed by atoms with Crippen LogP contribution in [0.25, 0.3) is 0 Å². The van der Waals surface area contributed by atoms with Crippen molar-refractivity contribution in [2.45, 2.75) is 64.1 Å². The molecule has 0 N–H and O–H groups in total. The second-order valence-corrected chi connectivity index (χ2v) is 6.94. The second-order valence-electron chi connectivity index (χ2n) is 5.34. The van der Waals surface area contributed by atoms with E-state index in [4.69, 9.17) is 13.7 Å². The second kappa shape index (κ2) is 5.16. The van der Waals surface area contributed by atoms with E-state index in [-0.39, 0.29) is 12.2 Å². The van der Waals surface area contributed by atoms with Gasteiger partial charge in [-0.05, 0) is 26.2 Å². The first-order valence-corrected chi connectivity index (χ1v) is 8.51. The molecule has 1 aliphatic heterocycles. The lowest BCUT2D eigenvalue weighted by atomic mass is 9.93. The molecule has 0 aromatic heterocycles. The molecule has 1 heterocycles. The van der Waals surface area contributed by atoms with E-state index in [9.17, 15) is 8.42 Å². The normalized spacial score (nSPS) is 33.9. The first-order chi connectivity index (χ1) is 8.78. The third-order valence-corrected chi connectivity index (χ3v) is 4.34. The summed E-state index contributed by atoms with van der Waals surface area (Å²) in [7, 11) is -3.50. The highest BCUT2D eigenvalue weighted by Gasteiger charge is 2.50. The molecule has 0 bridgehead atoms. The van der Waals surface area contributed by atoms with Crippen LogP contribution in [-0.2, 0) is 23.8 Å². The van der Waals surface area contributed by atoms with Crippen LogP contribution >= 0.6 is 0 Å². The van der Waals surface area contributed by atoms with Crippen molar-refractivity contribution in [3.05, 3.63) is 11.6 Å². The van der Waals surface area contributed by atoms with Crippen molar-refractivity contribution in [2.24, 2.45) is 0 Å². The molecule has 5 nitrogen and oxygen atoms in total. The van der Waals surface area contributed by atoms with Gasteiger partial charge in [-0.3, -0.25) is 4.18 Å². The van der Waals surface area contributed by atoms with Gasteiger partial charge in [0.25, 0.3) is 10.1 Å². The van der Waals surface area contributed by atoms with Gasteiger partial charge in [-0.2, -0.15) is 8.42 Å². The molecule has 2 rings (SSSR count). The highest BCUT2D eigenvalue weighted by atomic mass is 32.2. The number of rotatable bonds is 4. The van der Waals surface area contributed by atoms with E-state index >= 15 is 0 Å². The molecule has 0 aromatic carbocycles. The zero-order valence-corrected chi connectivity index (χ0v) is 12.7. The molecule has 0 unspecified atom stereocenters. The average molecular weight is 290 g/mol. The molecule has 1 aliphatic carbocycles. The smallest absolute Gasteiger partial charge is 0.264 e. The van der Waals surface area contributed by atoms with Crippen LogP contribution in [0.2, 0.25) is 0 Å². The van der Waals surface area contributed by atoms with Crippen molar-refractivity contribution in [1.82, 2.24) is 0 Å². The first kappa shape index (κ1) is 15.0. The van der Waals surface area contributed by atoms with Crippen LogP contribution in [0, 0.1) is 0 Å². The fourth-order valence-corrected chi connectivity index (χ4v) is 3.38. The fraction of sp³-hybridized carbons (Fsp3) is 0.846. The lowest BCUT2D eigenvalue weighted by Crippen LogP contribution is -2.41. The molecular formula is C13H22O5S. The highest BCUT2D eigenvalue weighted by molar-refractivity contribution is 7.86. The monoisotopic (exact) mass is 290 g/mol. The van der Waals surface area contributed by atoms with Crippen LogP contribution in [0.3, 0.4) is 0 Å². The van der Waals surface area contributed by atoms with Crippen molar-refractivity contribution in [3.8, 4) is 0 Å². The number of hydrogen-bond donors (Lipinski definition) is 0. The van der Waals surface area contributed by atoms with Crippen molar-refractivity contribution in [3.63, 3.8) is 0 Å². The third-order valence-electron chi connectivity index (χ3n) is 3.74. The van der Waals surface area contributed by atoms with E-state index < -0.39 is 22.0 Å². The number of hydrogen-bond acceptors (Lipinski definition) is 5. The molecule has 3 atom stereocenters. The minimum Gasteiger partial charge on any atom is -0.341 e. The Morgan fingerprint density at radius 3 is 2.53 bits per heavy atom. The summed E-state index contributed by atoms with van der Waals surface area (Å²) in [6, 6.07) is 0. The van der Waals surface area contributed by atoms with Crippen molar-refractivity contribution in [2.75, 3.05) is 6.26 Å². The molecular weight excluding hydrogens is 268 g/mol. The lowest BCUT2D eigenvalue weighted by molar-refractivity contribution is -0.182. The lowest BCUT2D eigenvalue weighted by Gasteiger charge is -2.29. The summed E-state index contributed by atoms with van der Waals surface area (Å²) in [5.41, 5.74) is 1.07. The van der Waals surface area contributed by atoms with Gasteiger partial charge in [0.15, 0.2) is 5.79 Å². The largest absolute Gasteiger partial charge is 0.341 e. The molecule has 6 heteroatoms. The molecule has 1 fully saturated rings. The van der Waals surface area contributed by atoms with Gasteiger partial charge in [0.2, 0.25) is 0 Å². The van der Waals surface area contributed by atoms with E-state index in [1.165, 1.54) is 0 Å². The molecule has 0 saturated carbocycles. The van der Waals surface area contributed by atoms with Crippen LogP contribution in [-0.4, -0.2) is 38.8 Å². The maximum Gasteiger partial charge on any atom is 0.264 e. The molecule has 1 saturated heterocycles. The Labute approximate surface area is 115 Å². The van der Waals surface area contributed by atoms with Gasteiger partial charge < -0.3 is 9.47 Å². The SMILES string of the molecule is CCC1(CC)O[C@@H]2[C@@H](C=C(C)C[C@H]2OS(C)(=O)=O)O1. The highest BCUT2D eigenvalue weighted by Crippen LogP contribution is 2.40. The molecule has 0 aromatic rings. The number of fused-ring (bicyclic) bond motifs is 1. The Bertz CT molecular complexity index is 463. The van der Waals surface area contributed by atoms with Gasteiger partial charge in [0.05, 0.1) is 6.26 Å². The summed E-state index contributed by atoms with van der Waals surface area (Å²) < 4.78 is 39.9. The van der Waals surface area contributed by atoms with E-state index in [0.717, 1.165) is 24.7 Å². The minimum atomic E-state index is -3.50. The summed E-state index contributed by atoms with van der Waals surface area (Å²) in [4.78, 5) is 0. The van der Waals surface area contributed by atoms with E-state index in [2.05, 4.69) is 0 Å². The Balaban J connectivity index is 2.23. The van der Waals surface area contributed by atoms with Gasteiger partial charge in [0.1, 0.15) is 18.3 Å². The maximum atomic E-state index is 11.4. The van der Waals surface area contributed by atoms with Crippen LogP contribution in [0.5, 0.6) is 0 Å². The molecule has 0 radical (unpaired) electrons. The quantitative estimate of drug-likeness (QED) is 0.585. The van der Waals surface area contributed by atoms with E-state index in [1.54, 1.807) is 0 Å².